The lowest BCUT2D eigenvalue weighted by molar-refractivity contribution is -0.139. The summed E-state index contributed by atoms with van der Waals surface area (Å²) in [5, 5.41) is 13.4. The van der Waals surface area contributed by atoms with Crippen molar-refractivity contribution in [2.24, 2.45) is 5.10 Å². The second-order valence-electron chi connectivity index (χ2n) is 6.42. The van der Waals surface area contributed by atoms with Gasteiger partial charge in [0.25, 0.3) is 5.91 Å². The number of hydrogen-bond donors (Lipinski definition) is 2. The SMILES string of the molecule is CN1C(=O)C(N2CCN(Cc3ccc(F)cc3C(F)(F)F)CC2)=NNC1O. The minimum Gasteiger partial charge on any atom is -0.355 e. The summed E-state index contributed by atoms with van der Waals surface area (Å²) in [5.41, 5.74) is 1.45. The molecule has 0 radical (unpaired) electrons. The Morgan fingerprint density at radius 3 is 2.56 bits per heavy atom. The highest BCUT2D eigenvalue weighted by molar-refractivity contribution is 6.37. The number of carbonyl (C=O) groups is 1. The zero-order chi connectivity index (χ0) is 19.8. The van der Waals surface area contributed by atoms with Crippen molar-refractivity contribution in [2.45, 2.75) is 19.1 Å². The summed E-state index contributed by atoms with van der Waals surface area (Å²) in [6, 6.07) is 2.68. The lowest BCUT2D eigenvalue weighted by atomic mass is 10.1. The Labute approximate surface area is 152 Å². The molecule has 2 aliphatic heterocycles. The van der Waals surface area contributed by atoms with Crippen molar-refractivity contribution in [2.75, 3.05) is 33.2 Å². The largest absolute Gasteiger partial charge is 0.416 e. The molecule has 1 aromatic carbocycles. The minimum absolute atomic E-state index is 0.00737. The average Bonchev–Trinajstić information content (AvgIpc) is 2.61. The van der Waals surface area contributed by atoms with Crippen molar-refractivity contribution in [1.82, 2.24) is 20.1 Å². The number of nitrogens with one attached hydrogen (secondary N) is 1. The Hall–Kier alpha value is -2.40. The molecule has 1 aromatic rings. The molecular weight excluding hydrogens is 370 g/mol. The van der Waals surface area contributed by atoms with Crippen molar-refractivity contribution in [3.63, 3.8) is 0 Å². The highest BCUT2D eigenvalue weighted by Crippen LogP contribution is 2.33. The fourth-order valence-electron chi connectivity index (χ4n) is 3.04. The molecule has 2 heterocycles. The Morgan fingerprint density at radius 2 is 1.93 bits per heavy atom. The molecule has 0 saturated carbocycles. The van der Waals surface area contributed by atoms with Crippen LogP contribution in [0.2, 0.25) is 0 Å². The van der Waals surface area contributed by atoms with Crippen LogP contribution in [0.3, 0.4) is 0 Å². The first-order valence-corrected chi connectivity index (χ1v) is 8.28. The second-order valence-corrected chi connectivity index (χ2v) is 6.42. The number of halogens is 4. The van der Waals surface area contributed by atoms with E-state index in [0.29, 0.717) is 32.2 Å². The first-order valence-electron chi connectivity index (χ1n) is 8.28. The normalized spacial score (nSPS) is 21.9. The first-order chi connectivity index (χ1) is 12.7. The van der Waals surface area contributed by atoms with Gasteiger partial charge in [0, 0.05) is 39.8 Å². The lowest BCUT2D eigenvalue weighted by Crippen LogP contribution is -2.59. The van der Waals surface area contributed by atoms with E-state index in [4.69, 9.17) is 0 Å². The number of alkyl halides is 3. The third-order valence-electron chi connectivity index (χ3n) is 4.61. The molecule has 7 nitrogen and oxygen atoms in total. The maximum absolute atomic E-state index is 13.2. The molecule has 0 spiro atoms. The van der Waals surface area contributed by atoms with Crippen molar-refractivity contribution < 1.29 is 27.5 Å². The molecule has 1 fully saturated rings. The van der Waals surface area contributed by atoms with Gasteiger partial charge in [-0.25, -0.2) is 4.39 Å². The molecule has 3 rings (SSSR count). The van der Waals surface area contributed by atoms with Crippen molar-refractivity contribution in [3.8, 4) is 0 Å². The average molecular weight is 389 g/mol. The van der Waals surface area contributed by atoms with Crippen LogP contribution in [0.1, 0.15) is 11.1 Å². The van der Waals surface area contributed by atoms with E-state index in [0.717, 1.165) is 17.0 Å². The first kappa shape index (κ1) is 19.4. The van der Waals surface area contributed by atoms with E-state index in [2.05, 4.69) is 10.5 Å². The van der Waals surface area contributed by atoms with E-state index in [1.54, 1.807) is 9.80 Å². The number of hydrogen-bond acceptors (Lipinski definition) is 6. The van der Waals surface area contributed by atoms with Crippen LogP contribution < -0.4 is 5.43 Å². The molecule has 0 bridgehead atoms. The Bertz CT molecular complexity index is 747. The zero-order valence-electron chi connectivity index (χ0n) is 14.5. The maximum atomic E-state index is 13.2. The summed E-state index contributed by atoms with van der Waals surface area (Å²) in [6.07, 6.45) is -5.82. The number of carbonyl (C=O) groups excluding carboxylic acids is 1. The number of aliphatic hydroxyl groups excluding tert-OH is 1. The van der Waals surface area contributed by atoms with Crippen molar-refractivity contribution >= 4 is 11.7 Å². The molecule has 27 heavy (non-hydrogen) atoms. The highest BCUT2D eigenvalue weighted by atomic mass is 19.4. The molecule has 1 saturated heterocycles. The van der Waals surface area contributed by atoms with Gasteiger partial charge in [0.05, 0.1) is 5.56 Å². The summed E-state index contributed by atoms with van der Waals surface area (Å²) in [6.45, 7) is 1.62. The summed E-state index contributed by atoms with van der Waals surface area (Å²) >= 11 is 0. The van der Waals surface area contributed by atoms with Gasteiger partial charge in [-0.05, 0) is 17.7 Å². The number of amidine groups is 1. The number of benzene rings is 1. The van der Waals surface area contributed by atoms with Crippen LogP contribution in [0.15, 0.2) is 23.3 Å². The molecule has 1 unspecified atom stereocenters. The lowest BCUT2D eigenvalue weighted by Gasteiger charge is -2.39. The molecule has 11 heteroatoms. The van der Waals surface area contributed by atoms with Crippen LogP contribution in [0.4, 0.5) is 17.6 Å². The van der Waals surface area contributed by atoms with Gasteiger partial charge < -0.3 is 10.0 Å². The topological polar surface area (TPSA) is 71.4 Å². The molecule has 1 atom stereocenters. The fraction of sp³-hybridized carbons (Fsp3) is 0.500. The summed E-state index contributed by atoms with van der Waals surface area (Å²) in [4.78, 5) is 16.8. The third-order valence-corrected chi connectivity index (χ3v) is 4.61. The third kappa shape index (κ3) is 4.14. The van der Waals surface area contributed by atoms with Gasteiger partial charge in [-0.15, -0.1) is 0 Å². The van der Waals surface area contributed by atoms with E-state index < -0.39 is 29.8 Å². The van der Waals surface area contributed by atoms with Gasteiger partial charge in [-0.3, -0.25) is 20.0 Å². The van der Waals surface area contributed by atoms with Crippen LogP contribution in [0, 0.1) is 5.82 Å². The Morgan fingerprint density at radius 1 is 1.26 bits per heavy atom. The summed E-state index contributed by atoms with van der Waals surface area (Å²) < 4.78 is 52.6. The smallest absolute Gasteiger partial charge is 0.355 e. The van der Waals surface area contributed by atoms with Crippen LogP contribution in [-0.4, -0.2) is 71.1 Å². The Kier molecular flexibility index (Phi) is 5.24. The van der Waals surface area contributed by atoms with Crippen molar-refractivity contribution in [1.29, 1.82) is 0 Å². The maximum Gasteiger partial charge on any atom is 0.416 e. The van der Waals surface area contributed by atoms with E-state index in [1.807, 2.05) is 0 Å². The summed E-state index contributed by atoms with van der Waals surface area (Å²) in [5.74, 6) is -1.21. The molecule has 2 N–H and O–H groups in total. The highest BCUT2D eigenvalue weighted by Gasteiger charge is 2.35. The van der Waals surface area contributed by atoms with E-state index in [-0.39, 0.29) is 17.9 Å². The van der Waals surface area contributed by atoms with E-state index >= 15 is 0 Å². The molecule has 1 amide bonds. The van der Waals surface area contributed by atoms with Crippen LogP contribution >= 0.6 is 0 Å². The number of piperazine rings is 1. The number of amides is 1. The van der Waals surface area contributed by atoms with Crippen molar-refractivity contribution in [3.05, 3.63) is 35.1 Å². The number of likely N-dealkylation sites (N-methyl/N-ethyl adjacent to an activating group) is 1. The summed E-state index contributed by atoms with van der Waals surface area (Å²) in [7, 11) is 1.43. The second kappa shape index (κ2) is 7.31. The standard InChI is InChI=1S/C16H19F4N5O2/c1-23-14(26)13(21-22-15(23)27)25-6-4-24(5-7-25)9-10-2-3-11(17)8-12(10)16(18,19)20/h2-3,8,15,22,27H,4-7,9H2,1H3. The van der Waals surface area contributed by atoms with Gasteiger partial charge in [-0.2, -0.15) is 18.3 Å². The number of hydrazone groups is 1. The zero-order valence-corrected chi connectivity index (χ0v) is 14.5. The molecule has 0 aliphatic carbocycles. The van der Waals surface area contributed by atoms with Gasteiger partial charge in [-0.1, -0.05) is 6.07 Å². The Balaban J connectivity index is 1.65. The quantitative estimate of drug-likeness (QED) is 0.726. The van der Waals surface area contributed by atoms with Gasteiger partial charge >= 0.3 is 6.18 Å². The van der Waals surface area contributed by atoms with Crippen LogP contribution in [-0.2, 0) is 17.5 Å². The predicted octanol–water partition coefficient (Wildman–Crippen LogP) is 0.613. The number of nitrogens with zero attached hydrogens (tertiary/aromatic N) is 4. The van der Waals surface area contributed by atoms with Gasteiger partial charge in [0.1, 0.15) is 5.82 Å². The monoisotopic (exact) mass is 389 g/mol. The minimum atomic E-state index is -4.63. The number of rotatable bonds is 2. The van der Waals surface area contributed by atoms with E-state index in [1.165, 1.54) is 7.05 Å². The molecule has 148 valence electrons. The predicted molar refractivity (Wildman–Crippen MR) is 87.6 cm³/mol. The molecule has 2 aliphatic rings. The fourth-order valence-corrected chi connectivity index (χ4v) is 3.04. The molecular formula is C16H19F4N5O2. The number of aliphatic hydroxyl groups is 1. The van der Waals surface area contributed by atoms with Crippen LogP contribution in [0.25, 0.3) is 0 Å². The van der Waals surface area contributed by atoms with Gasteiger partial charge in [0.15, 0.2) is 0 Å². The van der Waals surface area contributed by atoms with Crippen LogP contribution in [0.5, 0.6) is 0 Å². The molecule has 0 aromatic heterocycles. The van der Waals surface area contributed by atoms with Gasteiger partial charge in [0.2, 0.25) is 12.2 Å². The van der Waals surface area contributed by atoms with E-state index in [9.17, 15) is 27.5 Å².